The normalized spacial score (nSPS) is 13.8. The fraction of sp³-hybridized carbons (Fsp3) is 0.607. The van der Waals surface area contributed by atoms with Crippen molar-refractivity contribution in [3.63, 3.8) is 0 Å². The topological polar surface area (TPSA) is 111 Å². The van der Waals surface area contributed by atoms with Gasteiger partial charge >= 0.3 is 6.09 Å². The predicted molar refractivity (Wildman–Crippen MR) is 153 cm³/mol. The smallest absolute Gasteiger partial charge is 0.410 e. The number of aromatic nitrogens is 2. The maximum absolute atomic E-state index is 14.9. The first-order valence-electron chi connectivity index (χ1n) is 13.0. The molecule has 0 aromatic carbocycles. The number of aromatic amines is 1. The first-order valence-corrected chi connectivity index (χ1v) is 13.4. The Morgan fingerprint density at radius 2 is 1.82 bits per heavy atom. The standard InChI is InChI=1S/C26H38ClFN4O4.C2H6/c1-10-18-15(5)19-20(23(33)30-18)24(31-22(27)21(19)28)35-16(6)17(29)12-32(14(4)11-13(2)3)25(34)36-26(7,8)9;1-2/h10,13-14,16-17H,1,11-12,29H2,2-9H3,(H,30,33);1-2H3/t14?,16-,17?;/m0./s1. The molecule has 2 rings (SSSR count). The van der Waals surface area contributed by atoms with E-state index in [4.69, 9.17) is 26.8 Å². The Labute approximate surface area is 230 Å². The second-order valence-electron chi connectivity index (χ2n) is 10.6. The average Bonchev–Trinajstić information content (AvgIpc) is 2.81. The second-order valence-corrected chi connectivity index (χ2v) is 10.9. The molecule has 0 saturated heterocycles. The Kier molecular flexibility index (Phi) is 12.2. The van der Waals surface area contributed by atoms with Crippen LogP contribution in [0.2, 0.25) is 5.15 Å². The van der Waals surface area contributed by atoms with Crippen LogP contribution in [0.15, 0.2) is 11.4 Å². The molecule has 38 heavy (non-hydrogen) atoms. The summed E-state index contributed by atoms with van der Waals surface area (Å²) < 4.78 is 26.5. The first kappa shape index (κ1) is 33.4. The number of hydrogen-bond donors (Lipinski definition) is 2. The number of pyridine rings is 2. The molecule has 0 saturated carbocycles. The first-order chi connectivity index (χ1) is 17.6. The van der Waals surface area contributed by atoms with Crippen LogP contribution >= 0.6 is 11.6 Å². The molecule has 2 aromatic heterocycles. The summed E-state index contributed by atoms with van der Waals surface area (Å²) in [6.45, 7) is 22.6. The molecule has 2 unspecified atom stereocenters. The van der Waals surface area contributed by atoms with E-state index >= 15 is 0 Å². The highest BCUT2D eigenvalue weighted by Crippen LogP contribution is 2.32. The average molecular weight is 555 g/mol. The third-order valence-corrected chi connectivity index (χ3v) is 6.05. The van der Waals surface area contributed by atoms with E-state index in [1.807, 2.05) is 20.8 Å². The SMILES string of the molecule is C=Cc1[nH]c(=O)c2c(O[C@@H](C)C(N)CN(C(=O)OC(C)(C)C)C(C)CC(C)C)nc(Cl)c(F)c2c1C.CC. The van der Waals surface area contributed by atoms with Crippen molar-refractivity contribution in [3.05, 3.63) is 39.2 Å². The van der Waals surface area contributed by atoms with E-state index in [1.54, 1.807) is 39.5 Å². The highest BCUT2D eigenvalue weighted by molar-refractivity contribution is 6.30. The number of nitrogens with zero attached hydrogens (tertiary/aromatic N) is 2. The van der Waals surface area contributed by atoms with Gasteiger partial charge in [-0.2, -0.15) is 4.98 Å². The van der Waals surface area contributed by atoms with Crippen molar-refractivity contribution in [1.82, 2.24) is 14.9 Å². The number of fused-ring (bicyclic) bond motifs is 1. The number of ether oxygens (including phenoxy) is 2. The zero-order chi connectivity index (χ0) is 29.5. The minimum atomic E-state index is -0.818. The van der Waals surface area contributed by atoms with E-state index in [9.17, 15) is 14.0 Å². The molecule has 3 atom stereocenters. The molecule has 1 amide bonds. The number of halogens is 2. The number of aryl methyl sites for hydroxylation is 1. The van der Waals surface area contributed by atoms with Gasteiger partial charge in [0.1, 0.15) is 17.1 Å². The van der Waals surface area contributed by atoms with Crippen LogP contribution in [0.5, 0.6) is 5.88 Å². The molecule has 214 valence electrons. The highest BCUT2D eigenvalue weighted by Gasteiger charge is 2.31. The number of H-pyrrole nitrogens is 1. The van der Waals surface area contributed by atoms with Crippen LogP contribution in [0.4, 0.5) is 9.18 Å². The number of amides is 1. The molecule has 2 aromatic rings. The highest BCUT2D eigenvalue weighted by atomic mass is 35.5. The quantitative estimate of drug-likeness (QED) is 0.344. The Morgan fingerprint density at radius 1 is 1.24 bits per heavy atom. The molecule has 3 N–H and O–H groups in total. The molecule has 10 heteroatoms. The Hall–Kier alpha value is -2.65. The summed E-state index contributed by atoms with van der Waals surface area (Å²) in [5.41, 5.74) is 6.01. The lowest BCUT2D eigenvalue weighted by Gasteiger charge is -2.35. The number of nitrogens with two attached hydrogens (primary N) is 1. The monoisotopic (exact) mass is 554 g/mol. The third kappa shape index (κ3) is 8.43. The van der Waals surface area contributed by atoms with Gasteiger partial charge in [-0.3, -0.25) is 4.79 Å². The molecule has 2 heterocycles. The van der Waals surface area contributed by atoms with Gasteiger partial charge < -0.3 is 25.1 Å². The van der Waals surface area contributed by atoms with E-state index in [1.165, 1.54) is 6.08 Å². The summed E-state index contributed by atoms with van der Waals surface area (Å²) in [5.74, 6) is -0.609. The van der Waals surface area contributed by atoms with Crippen molar-refractivity contribution >= 4 is 34.5 Å². The summed E-state index contributed by atoms with van der Waals surface area (Å²) in [6.07, 6.45) is 0.987. The van der Waals surface area contributed by atoms with Crippen molar-refractivity contribution in [2.45, 2.75) is 99.4 Å². The summed E-state index contributed by atoms with van der Waals surface area (Å²) >= 11 is 6.05. The lowest BCUT2D eigenvalue weighted by atomic mass is 10.0. The van der Waals surface area contributed by atoms with Crippen molar-refractivity contribution < 1.29 is 18.7 Å². The van der Waals surface area contributed by atoms with E-state index < -0.39 is 40.4 Å². The second kappa shape index (κ2) is 13.9. The summed E-state index contributed by atoms with van der Waals surface area (Å²) in [4.78, 5) is 34.0. The lowest BCUT2D eigenvalue weighted by Crippen LogP contribution is -2.52. The van der Waals surface area contributed by atoms with Gasteiger partial charge in [-0.05, 0) is 65.5 Å². The molecular formula is C28H44ClFN4O4. The molecule has 8 nitrogen and oxygen atoms in total. The molecule has 0 aliphatic heterocycles. The van der Waals surface area contributed by atoms with E-state index in [-0.39, 0.29) is 29.2 Å². The van der Waals surface area contributed by atoms with Gasteiger partial charge in [-0.15, -0.1) is 0 Å². The fourth-order valence-corrected chi connectivity index (χ4v) is 4.15. The number of rotatable bonds is 9. The van der Waals surface area contributed by atoms with Gasteiger partial charge in [-0.25, -0.2) is 9.18 Å². The van der Waals surface area contributed by atoms with Crippen LogP contribution in [0.1, 0.15) is 80.0 Å². The zero-order valence-electron chi connectivity index (χ0n) is 24.4. The van der Waals surface area contributed by atoms with Gasteiger partial charge in [0.15, 0.2) is 11.0 Å². The molecule has 0 aliphatic rings. The maximum Gasteiger partial charge on any atom is 0.410 e. The van der Waals surface area contributed by atoms with E-state index in [2.05, 4.69) is 30.4 Å². The zero-order valence-corrected chi connectivity index (χ0v) is 25.1. The number of carbonyl (C=O) groups is 1. The molecular weight excluding hydrogens is 511 g/mol. The van der Waals surface area contributed by atoms with Gasteiger partial charge in [-0.1, -0.05) is 45.9 Å². The Balaban J connectivity index is 0.00000352. The van der Waals surface area contributed by atoms with Crippen LogP contribution < -0.4 is 16.0 Å². The fourth-order valence-electron chi connectivity index (χ4n) is 3.98. The number of hydrogen-bond acceptors (Lipinski definition) is 6. The molecule has 0 fully saturated rings. The molecule has 0 aliphatic carbocycles. The predicted octanol–water partition coefficient (Wildman–Crippen LogP) is 6.46. The van der Waals surface area contributed by atoms with Crippen molar-refractivity contribution in [3.8, 4) is 5.88 Å². The third-order valence-electron chi connectivity index (χ3n) is 5.80. The van der Waals surface area contributed by atoms with Crippen LogP contribution in [0, 0.1) is 18.7 Å². The van der Waals surface area contributed by atoms with Crippen LogP contribution in [-0.2, 0) is 4.74 Å². The Morgan fingerprint density at radius 3 is 2.32 bits per heavy atom. The van der Waals surface area contributed by atoms with E-state index in [0.29, 0.717) is 17.2 Å². The summed E-state index contributed by atoms with van der Waals surface area (Å²) in [7, 11) is 0. The molecule has 0 spiro atoms. The molecule has 0 radical (unpaired) electrons. The molecule has 0 bridgehead atoms. The van der Waals surface area contributed by atoms with Crippen molar-refractivity contribution in [2.75, 3.05) is 6.54 Å². The minimum Gasteiger partial charge on any atom is -0.472 e. The van der Waals surface area contributed by atoms with Gasteiger partial charge in [0.2, 0.25) is 5.88 Å². The lowest BCUT2D eigenvalue weighted by molar-refractivity contribution is 0.0114. The van der Waals surface area contributed by atoms with Crippen molar-refractivity contribution in [1.29, 1.82) is 0 Å². The van der Waals surface area contributed by atoms with Gasteiger partial charge in [0, 0.05) is 23.7 Å². The van der Waals surface area contributed by atoms with Crippen molar-refractivity contribution in [2.24, 2.45) is 11.7 Å². The van der Waals surface area contributed by atoms with Crippen LogP contribution in [0.3, 0.4) is 0 Å². The van der Waals surface area contributed by atoms with Gasteiger partial charge in [0.05, 0.1) is 6.04 Å². The Bertz CT molecular complexity index is 1180. The summed E-state index contributed by atoms with van der Waals surface area (Å²) in [6, 6.07) is -0.819. The van der Waals surface area contributed by atoms with E-state index in [0.717, 1.165) is 6.42 Å². The summed E-state index contributed by atoms with van der Waals surface area (Å²) in [5, 5.41) is -0.496. The number of nitrogens with one attached hydrogen (secondary N) is 1. The van der Waals surface area contributed by atoms with Crippen LogP contribution in [-0.4, -0.2) is 51.3 Å². The largest absolute Gasteiger partial charge is 0.472 e. The maximum atomic E-state index is 14.9. The minimum absolute atomic E-state index is 0.00496. The number of carbonyl (C=O) groups excluding carboxylic acids is 1. The van der Waals surface area contributed by atoms with Crippen LogP contribution in [0.25, 0.3) is 16.8 Å². The van der Waals surface area contributed by atoms with Gasteiger partial charge in [0.25, 0.3) is 5.56 Å².